The van der Waals surface area contributed by atoms with Crippen molar-refractivity contribution in [3.63, 3.8) is 0 Å². The van der Waals surface area contributed by atoms with Crippen LogP contribution in [-0.4, -0.2) is 30.6 Å². The van der Waals surface area contributed by atoms with Gasteiger partial charge in [0.05, 0.1) is 18.1 Å². The second-order valence-corrected chi connectivity index (χ2v) is 5.02. The van der Waals surface area contributed by atoms with Crippen LogP contribution >= 0.6 is 0 Å². The summed E-state index contributed by atoms with van der Waals surface area (Å²) >= 11 is 0. The molecule has 5 heteroatoms. The molecule has 1 N–H and O–H groups in total. The molecule has 0 aliphatic rings. The Morgan fingerprint density at radius 2 is 2.05 bits per heavy atom. The Bertz CT molecular complexity index is 554. The molecule has 112 valence electrons. The van der Waals surface area contributed by atoms with E-state index in [0.29, 0.717) is 5.88 Å². The molecular formula is C16H22N4O. The number of ether oxygens (including phenoxy) is 1. The van der Waals surface area contributed by atoms with Crippen molar-refractivity contribution in [3.8, 4) is 11.6 Å². The summed E-state index contributed by atoms with van der Waals surface area (Å²) in [4.78, 5) is 10.7. The van der Waals surface area contributed by atoms with Gasteiger partial charge in [0.15, 0.2) is 0 Å². The van der Waals surface area contributed by atoms with Crippen LogP contribution in [0.5, 0.6) is 11.6 Å². The molecule has 0 atom stereocenters. The predicted molar refractivity (Wildman–Crippen MR) is 84.9 cm³/mol. The van der Waals surface area contributed by atoms with Crippen LogP contribution in [0.3, 0.4) is 0 Å². The molecule has 0 saturated heterocycles. The summed E-state index contributed by atoms with van der Waals surface area (Å²) in [6.07, 6.45) is 4.51. The first-order valence-electron chi connectivity index (χ1n) is 7.16. The number of nitrogens with one attached hydrogen (secondary N) is 1. The Balaban J connectivity index is 1.98. The van der Waals surface area contributed by atoms with Crippen LogP contribution in [0, 0.1) is 0 Å². The van der Waals surface area contributed by atoms with Gasteiger partial charge in [-0.3, -0.25) is 4.98 Å². The fraction of sp³-hybridized carbons (Fsp3) is 0.375. The van der Waals surface area contributed by atoms with Crippen molar-refractivity contribution in [2.75, 3.05) is 25.5 Å². The second kappa shape index (κ2) is 7.59. The van der Waals surface area contributed by atoms with Crippen molar-refractivity contribution in [3.05, 3.63) is 42.4 Å². The summed E-state index contributed by atoms with van der Waals surface area (Å²) in [6.45, 7) is 3.85. The quantitative estimate of drug-likeness (QED) is 0.793. The number of anilines is 1. The minimum Gasteiger partial charge on any atom is -0.437 e. The van der Waals surface area contributed by atoms with Gasteiger partial charge in [-0.2, -0.15) is 0 Å². The van der Waals surface area contributed by atoms with Gasteiger partial charge in [0.1, 0.15) is 5.75 Å². The monoisotopic (exact) mass is 286 g/mol. The van der Waals surface area contributed by atoms with Crippen molar-refractivity contribution in [1.82, 2.24) is 15.3 Å². The first-order chi connectivity index (χ1) is 10.2. The molecule has 2 aromatic rings. The van der Waals surface area contributed by atoms with E-state index in [9.17, 15) is 0 Å². The molecule has 1 aromatic carbocycles. The fourth-order valence-electron chi connectivity index (χ4n) is 1.83. The molecule has 0 saturated carbocycles. The van der Waals surface area contributed by atoms with E-state index >= 15 is 0 Å². The summed E-state index contributed by atoms with van der Waals surface area (Å²) < 4.78 is 5.73. The SMILES string of the molecule is CCCNCc1cnc(Oc2cccc(N(C)C)c2)cn1. The van der Waals surface area contributed by atoms with Crippen molar-refractivity contribution in [2.24, 2.45) is 0 Å². The van der Waals surface area contributed by atoms with Crippen LogP contribution < -0.4 is 15.0 Å². The largest absolute Gasteiger partial charge is 0.437 e. The van der Waals surface area contributed by atoms with E-state index in [2.05, 4.69) is 22.2 Å². The predicted octanol–water partition coefficient (Wildman–Crippen LogP) is 2.83. The minimum absolute atomic E-state index is 0.505. The van der Waals surface area contributed by atoms with Crippen LogP contribution in [0.1, 0.15) is 19.0 Å². The van der Waals surface area contributed by atoms with Gasteiger partial charge in [0, 0.05) is 32.4 Å². The zero-order chi connectivity index (χ0) is 15.1. The van der Waals surface area contributed by atoms with Gasteiger partial charge < -0.3 is 15.0 Å². The van der Waals surface area contributed by atoms with Crippen LogP contribution in [0.4, 0.5) is 5.69 Å². The van der Waals surface area contributed by atoms with Crippen LogP contribution in [0.15, 0.2) is 36.7 Å². The third-order valence-corrected chi connectivity index (χ3v) is 2.97. The summed E-state index contributed by atoms with van der Waals surface area (Å²) in [7, 11) is 3.99. The fourth-order valence-corrected chi connectivity index (χ4v) is 1.83. The minimum atomic E-state index is 0.505. The third kappa shape index (κ3) is 4.72. The van der Waals surface area contributed by atoms with Crippen LogP contribution in [0.2, 0.25) is 0 Å². The van der Waals surface area contributed by atoms with Gasteiger partial charge in [0.2, 0.25) is 5.88 Å². The van der Waals surface area contributed by atoms with Gasteiger partial charge >= 0.3 is 0 Å². The van der Waals surface area contributed by atoms with Gasteiger partial charge in [0.25, 0.3) is 0 Å². The highest BCUT2D eigenvalue weighted by atomic mass is 16.5. The van der Waals surface area contributed by atoms with Crippen LogP contribution in [0.25, 0.3) is 0 Å². The summed E-state index contributed by atoms with van der Waals surface area (Å²) in [5.74, 6) is 1.26. The van der Waals surface area contributed by atoms with Crippen molar-refractivity contribution < 1.29 is 4.74 Å². The molecule has 0 bridgehead atoms. The Morgan fingerprint density at radius 1 is 1.19 bits per heavy atom. The maximum Gasteiger partial charge on any atom is 0.237 e. The molecule has 0 spiro atoms. The molecule has 0 amide bonds. The first-order valence-corrected chi connectivity index (χ1v) is 7.16. The normalized spacial score (nSPS) is 10.4. The zero-order valence-electron chi connectivity index (χ0n) is 12.8. The van der Waals surface area contributed by atoms with Crippen molar-refractivity contribution in [2.45, 2.75) is 19.9 Å². The molecule has 0 radical (unpaired) electrons. The molecule has 0 aliphatic carbocycles. The molecule has 1 heterocycles. The first kappa shape index (κ1) is 15.3. The Labute approximate surface area is 126 Å². The smallest absolute Gasteiger partial charge is 0.237 e. The van der Waals surface area contributed by atoms with Crippen LogP contribution in [-0.2, 0) is 6.54 Å². The number of hydrogen-bond acceptors (Lipinski definition) is 5. The maximum atomic E-state index is 5.73. The summed E-state index contributed by atoms with van der Waals surface area (Å²) in [5.41, 5.74) is 2.00. The number of rotatable bonds is 7. The molecule has 21 heavy (non-hydrogen) atoms. The van der Waals surface area contributed by atoms with E-state index in [4.69, 9.17) is 4.74 Å². The average molecular weight is 286 g/mol. The molecule has 0 fully saturated rings. The van der Waals surface area contributed by atoms with Gasteiger partial charge in [-0.1, -0.05) is 13.0 Å². The molecule has 2 rings (SSSR count). The Kier molecular flexibility index (Phi) is 5.51. The number of nitrogens with zero attached hydrogens (tertiary/aromatic N) is 3. The molecule has 0 aliphatic heterocycles. The van der Waals surface area contributed by atoms with Crippen molar-refractivity contribution in [1.29, 1.82) is 0 Å². The summed E-state index contributed by atoms with van der Waals surface area (Å²) in [6, 6.07) is 7.87. The van der Waals surface area contributed by atoms with E-state index in [1.807, 2.05) is 43.3 Å². The topological polar surface area (TPSA) is 50.3 Å². The van der Waals surface area contributed by atoms with E-state index in [0.717, 1.165) is 36.6 Å². The molecule has 1 aromatic heterocycles. The highest BCUT2D eigenvalue weighted by Crippen LogP contribution is 2.23. The molecular weight excluding hydrogens is 264 g/mol. The summed E-state index contributed by atoms with van der Waals surface area (Å²) in [5, 5.41) is 3.29. The Morgan fingerprint density at radius 3 is 2.71 bits per heavy atom. The lowest BCUT2D eigenvalue weighted by Crippen LogP contribution is -2.14. The van der Waals surface area contributed by atoms with E-state index in [1.54, 1.807) is 12.4 Å². The van der Waals surface area contributed by atoms with E-state index in [-0.39, 0.29) is 0 Å². The second-order valence-electron chi connectivity index (χ2n) is 5.02. The maximum absolute atomic E-state index is 5.73. The molecule has 0 unspecified atom stereocenters. The zero-order valence-corrected chi connectivity index (χ0v) is 12.8. The lowest BCUT2D eigenvalue weighted by molar-refractivity contribution is 0.458. The highest BCUT2D eigenvalue weighted by molar-refractivity contribution is 5.49. The third-order valence-electron chi connectivity index (χ3n) is 2.97. The standard InChI is InChI=1S/C16H22N4O/c1-4-8-17-10-13-11-19-16(12-18-13)21-15-7-5-6-14(9-15)20(2)3/h5-7,9,11-12,17H,4,8,10H2,1-3H3. The lowest BCUT2D eigenvalue weighted by atomic mass is 10.3. The highest BCUT2D eigenvalue weighted by Gasteiger charge is 2.02. The van der Waals surface area contributed by atoms with E-state index < -0.39 is 0 Å². The Hall–Kier alpha value is -2.14. The number of aromatic nitrogens is 2. The number of benzene rings is 1. The van der Waals surface area contributed by atoms with Crippen molar-refractivity contribution >= 4 is 5.69 Å². The lowest BCUT2D eigenvalue weighted by Gasteiger charge is -2.13. The molecule has 5 nitrogen and oxygen atoms in total. The van der Waals surface area contributed by atoms with E-state index in [1.165, 1.54) is 0 Å². The van der Waals surface area contributed by atoms with Gasteiger partial charge in [-0.15, -0.1) is 0 Å². The van der Waals surface area contributed by atoms with Gasteiger partial charge in [-0.25, -0.2) is 4.98 Å². The average Bonchev–Trinajstić information content (AvgIpc) is 2.49. The van der Waals surface area contributed by atoms with Gasteiger partial charge in [-0.05, 0) is 25.1 Å². The number of hydrogen-bond donors (Lipinski definition) is 1.